The second-order valence-electron chi connectivity index (χ2n) is 3.42. The number of nitrogens with one attached hydrogen (secondary N) is 1. The fraction of sp³-hybridized carbons (Fsp3) is 0.182. The minimum absolute atomic E-state index is 0.0667. The Morgan fingerprint density at radius 1 is 1.36 bits per heavy atom. The minimum Gasteiger partial charge on any atom is -0.325 e. The molecule has 0 spiro atoms. The molecule has 0 amide bonds. The van der Waals surface area contributed by atoms with Crippen LogP contribution < -0.4 is 11.3 Å². The van der Waals surface area contributed by atoms with Crippen molar-refractivity contribution in [3.05, 3.63) is 45.9 Å². The molecule has 2 aromatic rings. The topological polar surface area (TPSA) is 58.9 Å². The van der Waals surface area contributed by atoms with Crippen LogP contribution in [0, 0.1) is 6.92 Å². The minimum atomic E-state index is -0.0667. The molecule has 0 aliphatic rings. The molecule has 0 atom stereocenters. The lowest BCUT2D eigenvalue weighted by Crippen LogP contribution is -2.11. The van der Waals surface area contributed by atoms with Crippen molar-refractivity contribution in [2.24, 2.45) is 5.73 Å². The maximum absolute atomic E-state index is 11.6. The summed E-state index contributed by atoms with van der Waals surface area (Å²) in [5.41, 5.74) is 7.33. The van der Waals surface area contributed by atoms with Gasteiger partial charge in [-0.1, -0.05) is 17.7 Å². The Morgan fingerprint density at radius 3 is 2.86 bits per heavy atom. The van der Waals surface area contributed by atoms with Crippen LogP contribution in [-0.4, -0.2) is 4.98 Å². The summed E-state index contributed by atoms with van der Waals surface area (Å²) in [7, 11) is 0. The summed E-state index contributed by atoms with van der Waals surface area (Å²) in [5, 5.41) is 1.67. The van der Waals surface area contributed by atoms with Gasteiger partial charge in [0.05, 0.1) is 0 Å². The van der Waals surface area contributed by atoms with Crippen molar-refractivity contribution in [1.82, 2.24) is 4.98 Å². The number of H-pyrrole nitrogens is 1. The van der Waals surface area contributed by atoms with Gasteiger partial charge in [-0.05, 0) is 24.4 Å². The van der Waals surface area contributed by atoms with Crippen LogP contribution in [0.3, 0.4) is 0 Å². The van der Waals surface area contributed by atoms with Crippen LogP contribution in [0.2, 0.25) is 0 Å². The Kier molecular flexibility index (Phi) is 2.09. The Bertz CT molecular complexity index is 528. The van der Waals surface area contributed by atoms with Gasteiger partial charge in [0.15, 0.2) is 0 Å². The van der Waals surface area contributed by atoms with E-state index in [1.807, 2.05) is 31.2 Å². The van der Waals surface area contributed by atoms with Crippen molar-refractivity contribution >= 4 is 10.8 Å². The molecule has 1 heterocycles. The maximum atomic E-state index is 11.6. The molecule has 2 rings (SSSR count). The fourth-order valence-electron chi connectivity index (χ4n) is 1.56. The first-order valence-corrected chi connectivity index (χ1v) is 4.53. The highest BCUT2D eigenvalue weighted by Gasteiger charge is 2.00. The molecule has 3 nitrogen and oxygen atoms in total. The van der Waals surface area contributed by atoms with Crippen molar-refractivity contribution in [2.45, 2.75) is 13.5 Å². The number of hydrogen-bond acceptors (Lipinski definition) is 2. The number of aryl methyl sites for hydroxylation is 1. The molecule has 3 heteroatoms. The van der Waals surface area contributed by atoms with Gasteiger partial charge in [0.25, 0.3) is 5.56 Å². The zero-order valence-corrected chi connectivity index (χ0v) is 8.00. The van der Waals surface area contributed by atoms with Crippen molar-refractivity contribution in [3.63, 3.8) is 0 Å². The third kappa shape index (κ3) is 1.42. The lowest BCUT2D eigenvalue weighted by Gasteiger charge is -2.01. The molecule has 0 aliphatic carbocycles. The van der Waals surface area contributed by atoms with E-state index in [0.717, 1.165) is 16.6 Å². The van der Waals surface area contributed by atoms with Gasteiger partial charge in [-0.15, -0.1) is 0 Å². The van der Waals surface area contributed by atoms with E-state index in [-0.39, 0.29) is 5.56 Å². The molecule has 1 aromatic heterocycles. The van der Waals surface area contributed by atoms with Crippen molar-refractivity contribution in [3.8, 4) is 0 Å². The second kappa shape index (κ2) is 3.27. The van der Waals surface area contributed by atoms with Gasteiger partial charge >= 0.3 is 0 Å². The molecule has 0 bridgehead atoms. The van der Waals surface area contributed by atoms with Gasteiger partial charge in [0, 0.05) is 17.6 Å². The predicted octanol–water partition coefficient (Wildman–Crippen LogP) is 1.30. The highest BCUT2D eigenvalue weighted by atomic mass is 16.1. The summed E-state index contributed by atoms with van der Waals surface area (Å²) < 4.78 is 0. The van der Waals surface area contributed by atoms with E-state index in [1.165, 1.54) is 0 Å². The number of aromatic amines is 1. The van der Waals surface area contributed by atoms with Gasteiger partial charge < -0.3 is 10.7 Å². The first-order chi connectivity index (χ1) is 6.70. The fourth-order valence-corrected chi connectivity index (χ4v) is 1.56. The lowest BCUT2D eigenvalue weighted by molar-refractivity contribution is 0.983. The van der Waals surface area contributed by atoms with Crippen LogP contribution >= 0.6 is 0 Å². The van der Waals surface area contributed by atoms with Crippen LogP contribution in [0.1, 0.15) is 11.3 Å². The summed E-state index contributed by atoms with van der Waals surface area (Å²) in [6.45, 7) is 2.36. The molecule has 3 N–H and O–H groups in total. The maximum Gasteiger partial charge on any atom is 0.256 e. The summed E-state index contributed by atoms with van der Waals surface area (Å²) in [4.78, 5) is 14.3. The van der Waals surface area contributed by atoms with E-state index in [9.17, 15) is 4.79 Å². The number of hydrogen-bond donors (Lipinski definition) is 2. The molecular formula is C11H12N2O. The van der Waals surface area contributed by atoms with E-state index in [0.29, 0.717) is 11.9 Å². The standard InChI is InChI=1S/C11H12N2O/c1-7-2-3-10-8(4-7)5-9(6-12)13-11(10)14/h2-5H,6,12H2,1H3,(H,13,14). The van der Waals surface area contributed by atoms with Crippen molar-refractivity contribution in [1.29, 1.82) is 0 Å². The normalized spacial score (nSPS) is 10.7. The predicted molar refractivity (Wildman–Crippen MR) is 57.2 cm³/mol. The Labute approximate surface area is 81.6 Å². The molecule has 0 aliphatic heterocycles. The molecule has 0 saturated heterocycles. The molecule has 0 radical (unpaired) electrons. The number of benzene rings is 1. The molecular weight excluding hydrogens is 176 g/mol. The lowest BCUT2D eigenvalue weighted by atomic mass is 10.1. The summed E-state index contributed by atoms with van der Waals surface area (Å²) >= 11 is 0. The number of nitrogens with two attached hydrogens (primary N) is 1. The average Bonchev–Trinajstić information content (AvgIpc) is 2.16. The van der Waals surface area contributed by atoms with E-state index in [1.54, 1.807) is 0 Å². The first kappa shape index (κ1) is 8.97. The molecule has 0 saturated carbocycles. The molecule has 0 unspecified atom stereocenters. The molecule has 0 fully saturated rings. The van der Waals surface area contributed by atoms with Crippen molar-refractivity contribution < 1.29 is 0 Å². The van der Waals surface area contributed by atoms with Crippen LogP contribution in [-0.2, 0) is 6.54 Å². The third-order valence-electron chi connectivity index (χ3n) is 2.28. The van der Waals surface area contributed by atoms with Gasteiger partial charge in [0.2, 0.25) is 0 Å². The summed E-state index contributed by atoms with van der Waals surface area (Å²) in [6, 6.07) is 7.68. The van der Waals surface area contributed by atoms with Crippen LogP contribution in [0.4, 0.5) is 0 Å². The molecule has 1 aromatic carbocycles. The smallest absolute Gasteiger partial charge is 0.256 e. The van der Waals surface area contributed by atoms with E-state index in [4.69, 9.17) is 5.73 Å². The molecule has 72 valence electrons. The van der Waals surface area contributed by atoms with E-state index in [2.05, 4.69) is 4.98 Å². The number of pyridine rings is 1. The first-order valence-electron chi connectivity index (χ1n) is 4.53. The Hall–Kier alpha value is -1.61. The van der Waals surface area contributed by atoms with Crippen molar-refractivity contribution in [2.75, 3.05) is 0 Å². The Balaban J connectivity index is 2.84. The van der Waals surface area contributed by atoms with Crippen LogP contribution in [0.5, 0.6) is 0 Å². The van der Waals surface area contributed by atoms with Gasteiger partial charge in [0.1, 0.15) is 0 Å². The average molecular weight is 188 g/mol. The monoisotopic (exact) mass is 188 g/mol. The van der Waals surface area contributed by atoms with E-state index >= 15 is 0 Å². The van der Waals surface area contributed by atoms with Crippen LogP contribution in [0.15, 0.2) is 29.1 Å². The quantitative estimate of drug-likeness (QED) is 0.708. The highest BCUT2D eigenvalue weighted by Crippen LogP contribution is 2.12. The highest BCUT2D eigenvalue weighted by molar-refractivity contribution is 5.82. The summed E-state index contributed by atoms with van der Waals surface area (Å²) in [6.07, 6.45) is 0. The van der Waals surface area contributed by atoms with Crippen LogP contribution in [0.25, 0.3) is 10.8 Å². The third-order valence-corrected chi connectivity index (χ3v) is 2.28. The number of rotatable bonds is 1. The zero-order chi connectivity index (χ0) is 10.1. The van der Waals surface area contributed by atoms with Gasteiger partial charge in [-0.25, -0.2) is 0 Å². The Morgan fingerprint density at radius 2 is 2.14 bits per heavy atom. The van der Waals surface area contributed by atoms with E-state index < -0.39 is 0 Å². The number of fused-ring (bicyclic) bond motifs is 1. The summed E-state index contributed by atoms with van der Waals surface area (Å²) in [5.74, 6) is 0. The van der Waals surface area contributed by atoms with Gasteiger partial charge in [-0.3, -0.25) is 4.79 Å². The largest absolute Gasteiger partial charge is 0.325 e. The SMILES string of the molecule is Cc1ccc2c(=O)[nH]c(CN)cc2c1. The molecule has 14 heavy (non-hydrogen) atoms. The van der Waals surface area contributed by atoms with Gasteiger partial charge in [-0.2, -0.15) is 0 Å². The number of aromatic nitrogens is 1. The zero-order valence-electron chi connectivity index (χ0n) is 8.00. The second-order valence-corrected chi connectivity index (χ2v) is 3.42.